The van der Waals surface area contributed by atoms with E-state index in [9.17, 15) is 8.78 Å². The van der Waals surface area contributed by atoms with Gasteiger partial charge in [0.15, 0.2) is 17.4 Å². The highest BCUT2D eigenvalue weighted by Gasteiger charge is 2.13. The third-order valence-electron chi connectivity index (χ3n) is 3.01. The van der Waals surface area contributed by atoms with Gasteiger partial charge in [-0.15, -0.1) is 11.6 Å². The Hall–Kier alpha value is -2.20. The minimum absolute atomic E-state index is 0.0357. The molecule has 5 heteroatoms. The zero-order valence-corrected chi connectivity index (χ0v) is 11.6. The van der Waals surface area contributed by atoms with E-state index < -0.39 is 17.4 Å². The summed E-state index contributed by atoms with van der Waals surface area (Å²) in [6.07, 6.45) is 1.64. The molecule has 1 aromatic heterocycles. The molecule has 2 nitrogen and oxygen atoms in total. The van der Waals surface area contributed by atoms with Crippen LogP contribution in [0.2, 0.25) is 0 Å². The summed E-state index contributed by atoms with van der Waals surface area (Å²) in [6, 6.07) is 11.1. The van der Waals surface area contributed by atoms with E-state index in [1.54, 1.807) is 24.4 Å². The van der Waals surface area contributed by atoms with Crippen molar-refractivity contribution < 1.29 is 13.5 Å². The first kappa shape index (κ1) is 13.8. The topological polar surface area (TPSA) is 22.1 Å². The number of benzene rings is 2. The van der Waals surface area contributed by atoms with Gasteiger partial charge in [0.1, 0.15) is 5.75 Å². The van der Waals surface area contributed by atoms with E-state index in [-0.39, 0.29) is 5.88 Å². The number of hydrogen-bond acceptors (Lipinski definition) is 2. The summed E-state index contributed by atoms with van der Waals surface area (Å²) in [5.41, 5.74) is 1.05. The van der Waals surface area contributed by atoms with Crippen LogP contribution >= 0.6 is 11.6 Å². The Labute approximate surface area is 125 Å². The number of nitrogens with zero attached hydrogens (tertiary/aromatic N) is 1. The monoisotopic (exact) mass is 305 g/mol. The van der Waals surface area contributed by atoms with Crippen LogP contribution in [0.5, 0.6) is 11.5 Å². The maximum absolute atomic E-state index is 13.9. The van der Waals surface area contributed by atoms with E-state index in [0.29, 0.717) is 16.8 Å². The minimum Gasteiger partial charge on any atom is -0.451 e. The molecule has 0 aliphatic heterocycles. The molecular formula is C16H10ClF2NO. The highest BCUT2D eigenvalue weighted by molar-refractivity contribution is 6.17. The van der Waals surface area contributed by atoms with Crippen LogP contribution in [0.3, 0.4) is 0 Å². The number of pyridine rings is 1. The number of alkyl halides is 1. The SMILES string of the molecule is Fc1cc(CCl)cc(F)c1Oc1ccc2cccnc2c1. The van der Waals surface area contributed by atoms with Gasteiger partial charge < -0.3 is 4.74 Å². The van der Waals surface area contributed by atoms with Crippen molar-refractivity contribution in [2.24, 2.45) is 0 Å². The molecule has 0 saturated heterocycles. The van der Waals surface area contributed by atoms with Crippen molar-refractivity contribution in [1.82, 2.24) is 4.98 Å². The lowest BCUT2D eigenvalue weighted by Gasteiger charge is -2.09. The summed E-state index contributed by atoms with van der Waals surface area (Å²) >= 11 is 5.57. The number of hydrogen-bond donors (Lipinski definition) is 0. The van der Waals surface area contributed by atoms with Crippen molar-refractivity contribution in [1.29, 1.82) is 0 Å². The van der Waals surface area contributed by atoms with Crippen LogP contribution in [0.25, 0.3) is 10.9 Å². The van der Waals surface area contributed by atoms with Gasteiger partial charge in [-0.3, -0.25) is 4.98 Å². The normalized spacial score (nSPS) is 10.8. The van der Waals surface area contributed by atoms with Gasteiger partial charge in [0.2, 0.25) is 0 Å². The molecule has 2 aromatic carbocycles. The molecule has 0 radical (unpaired) electrons. The lowest BCUT2D eigenvalue weighted by Crippen LogP contribution is -1.95. The van der Waals surface area contributed by atoms with Gasteiger partial charge >= 0.3 is 0 Å². The fourth-order valence-corrected chi connectivity index (χ4v) is 2.17. The van der Waals surface area contributed by atoms with E-state index >= 15 is 0 Å². The average Bonchev–Trinajstić information content (AvgIpc) is 2.50. The Kier molecular flexibility index (Phi) is 3.71. The molecule has 0 N–H and O–H groups in total. The zero-order valence-electron chi connectivity index (χ0n) is 10.8. The third kappa shape index (κ3) is 2.81. The highest BCUT2D eigenvalue weighted by atomic mass is 35.5. The van der Waals surface area contributed by atoms with E-state index in [4.69, 9.17) is 16.3 Å². The second-order valence-electron chi connectivity index (χ2n) is 4.48. The second kappa shape index (κ2) is 5.66. The van der Waals surface area contributed by atoms with E-state index in [1.165, 1.54) is 0 Å². The fourth-order valence-electron chi connectivity index (χ4n) is 2.01. The second-order valence-corrected chi connectivity index (χ2v) is 4.75. The number of fused-ring (bicyclic) bond motifs is 1. The predicted molar refractivity (Wildman–Crippen MR) is 77.7 cm³/mol. The molecule has 0 aliphatic carbocycles. The van der Waals surface area contributed by atoms with Crippen LogP contribution in [0.15, 0.2) is 48.7 Å². The smallest absolute Gasteiger partial charge is 0.198 e. The summed E-state index contributed by atoms with van der Waals surface area (Å²) in [5.74, 6) is -1.66. The molecule has 0 bridgehead atoms. The number of ether oxygens (including phenoxy) is 1. The number of rotatable bonds is 3. The van der Waals surface area contributed by atoms with Crippen LogP contribution in [-0.4, -0.2) is 4.98 Å². The summed E-state index contributed by atoms with van der Waals surface area (Å²) in [4.78, 5) is 4.17. The first-order valence-electron chi connectivity index (χ1n) is 6.24. The molecule has 106 valence electrons. The maximum Gasteiger partial charge on any atom is 0.198 e. The Bertz CT molecular complexity index is 784. The molecule has 0 atom stereocenters. The van der Waals surface area contributed by atoms with Gasteiger partial charge in [0.25, 0.3) is 0 Å². The van der Waals surface area contributed by atoms with Gasteiger partial charge in [-0.25, -0.2) is 8.78 Å². The van der Waals surface area contributed by atoms with Gasteiger partial charge in [-0.2, -0.15) is 0 Å². The van der Waals surface area contributed by atoms with Crippen LogP contribution in [0, 0.1) is 11.6 Å². The molecule has 21 heavy (non-hydrogen) atoms. The molecule has 1 heterocycles. The van der Waals surface area contributed by atoms with Crippen LogP contribution in [-0.2, 0) is 5.88 Å². The Morgan fingerprint density at radius 2 is 1.81 bits per heavy atom. The Morgan fingerprint density at radius 3 is 2.52 bits per heavy atom. The van der Waals surface area contributed by atoms with Crippen LogP contribution < -0.4 is 4.74 Å². The van der Waals surface area contributed by atoms with Gasteiger partial charge in [-0.1, -0.05) is 6.07 Å². The quantitative estimate of drug-likeness (QED) is 0.632. The number of halogens is 3. The lowest BCUT2D eigenvalue weighted by atomic mass is 10.2. The lowest BCUT2D eigenvalue weighted by molar-refractivity contribution is 0.407. The van der Waals surface area contributed by atoms with Crippen molar-refractivity contribution in [3.05, 3.63) is 65.9 Å². The maximum atomic E-state index is 13.9. The molecule has 0 amide bonds. The van der Waals surface area contributed by atoms with Crippen molar-refractivity contribution >= 4 is 22.5 Å². The molecule has 0 fully saturated rings. The molecule has 0 unspecified atom stereocenters. The van der Waals surface area contributed by atoms with Crippen molar-refractivity contribution in [2.75, 3.05) is 0 Å². The van der Waals surface area contributed by atoms with E-state index in [1.807, 2.05) is 12.1 Å². The fraction of sp³-hybridized carbons (Fsp3) is 0.0625. The van der Waals surface area contributed by atoms with Crippen LogP contribution in [0.1, 0.15) is 5.56 Å². The van der Waals surface area contributed by atoms with E-state index in [0.717, 1.165) is 17.5 Å². The van der Waals surface area contributed by atoms with Gasteiger partial charge in [0, 0.05) is 23.5 Å². The molecule has 3 aromatic rings. The van der Waals surface area contributed by atoms with Gasteiger partial charge in [-0.05, 0) is 35.9 Å². The summed E-state index contributed by atoms with van der Waals surface area (Å²) in [6.45, 7) is 0. The minimum atomic E-state index is -0.785. The first-order chi connectivity index (χ1) is 10.2. The van der Waals surface area contributed by atoms with Crippen molar-refractivity contribution in [2.45, 2.75) is 5.88 Å². The zero-order chi connectivity index (χ0) is 14.8. The molecule has 0 saturated carbocycles. The predicted octanol–water partition coefficient (Wildman–Crippen LogP) is 5.04. The summed E-state index contributed by atoms with van der Waals surface area (Å²) in [5, 5.41) is 0.920. The van der Waals surface area contributed by atoms with Crippen molar-refractivity contribution in [3.8, 4) is 11.5 Å². The first-order valence-corrected chi connectivity index (χ1v) is 6.77. The molecule has 0 spiro atoms. The summed E-state index contributed by atoms with van der Waals surface area (Å²) in [7, 11) is 0. The van der Waals surface area contributed by atoms with Crippen LogP contribution in [0.4, 0.5) is 8.78 Å². The third-order valence-corrected chi connectivity index (χ3v) is 3.32. The van der Waals surface area contributed by atoms with E-state index in [2.05, 4.69) is 4.98 Å². The Morgan fingerprint density at radius 1 is 1.05 bits per heavy atom. The largest absolute Gasteiger partial charge is 0.451 e. The van der Waals surface area contributed by atoms with Crippen molar-refractivity contribution in [3.63, 3.8) is 0 Å². The molecular weight excluding hydrogens is 296 g/mol. The summed E-state index contributed by atoms with van der Waals surface area (Å²) < 4.78 is 33.0. The Balaban J connectivity index is 1.98. The molecule has 3 rings (SSSR count). The van der Waals surface area contributed by atoms with Gasteiger partial charge in [0.05, 0.1) is 5.52 Å². The molecule has 0 aliphatic rings. The standard InChI is InChI=1S/C16H10ClF2NO/c17-9-10-6-13(18)16(14(19)7-10)21-12-4-3-11-2-1-5-20-15(11)8-12/h1-8H,9H2. The average molecular weight is 306 g/mol. The number of aromatic nitrogens is 1. The highest BCUT2D eigenvalue weighted by Crippen LogP contribution is 2.30.